The van der Waals surface area contributed by atoms with Crippen molar-refractivity contribution in [3.63, 3.8) is 0 Å². The Balaban J connectivity index is 3.16. The highest BCUT2D eigenvalue weighted by Crippen LogP contribution is 2.32. The summed E-state index contributed by atoms with van der Waals surface area (Å²) in [5.41, 5.74) is 0. The first-order chi connectivity index (χ1) is 5.38. The minimum Gasteiger partial charge on any atom is -0.283 e. The van der Waals surface area contributed by atoms with Gasteiger partial charge in [-0.1, -0.05) is 25.2 Å². The van der Waals surface area contributed by atoms with E-state index in [2.05, 4.69) is 0 Å². The third kappa shape index (κ3) is 1.30. The van der Waals surface area contributed by atoms with Crippen LogP contribution in [0, 0.1) is 5.92 Å². The van der Waals surface area contributed by atoms with Crippen LogP contribution in [0.3, 0.4) is 0 Å². The highest BCUT2D eigenvalue weighted by molar-refractivity contribution is 7.87. The van der Waals surface area contributed by atoms with Crippen LogP contribution in [0.2, 0.25) is 0 Å². The maximum absolute atomic E-state index is 13.5. The van der Waals surface area contributed by atoms with Gasteiger partial charge in [0.15, 0.2) is 0 Å². The van der Waals surface area contributed by atoms with Gasteiger partial charge in [-0.05, 0) is 6.08 Å². The number of hydrogen-bond donors (Lipinski definition) is 1. The van der Waals surface area contributed by atoms with Gasteiger partial charge in [0.05, 0.1) is 0 Å². The van der Waals surface area contributed by atoms with Gasteiger partial charge in [-0.25, -0.2) is 4.39 Å². The van der Waals surface area contributed by atoms with Crippen molar-refractivity contribution in [1.82, 2.24) is 0 Å². The predicted octanol–water partition coefficient (Wildman–Crippen LogP) is 1.30. The van der Waals surface area contributed by atoms with E-state index in [9.17, 15) is 12.8 Å². The standard InChI is InChI=1S/C7H9FO3S/c1-6-4-2-3-5-7(6,8)12(9,10)11/h2-6H,1H3,(H,9,10,11). The van der Waals surface area contributed by atoms with Gasteiger partial charge in [-0.3, -0.25) is 4.55 Å². The summed E-state index contributed by atoms with van der Waals surface area (Å²) in [5, 5.41) is -2.66. The molecule has 5 heteroatoms. The third-order valence-electron chi connectivity index (χ3n) is 1.85. The average Bonchev–Trinajstić information content (AvgIpc) is 1.93. The maximum Gasteiger partial charge on any atom is 0.304 e. The summed E-state index contributed by atoms with van der Waals surface area (Å²) in [4.78, 5) is 0. The van der Waals surface area contributed by atoms with Crippen molar-refractivity contribution in [3.05, 3.63) is 24.3 Å². The number of rotatable bonds is 1. The molecule has 0 fully saturated rings. The Labute approximate surface area is 70.3 Å². The predicted molar refractivity (Wildman–Crippen MR) is 42.8 cm³/mol. The minimum atomic E-state index is -4.68. The summed E-state index contributed by atoms with van der Waals surface area (Å²) < 4.78 is 43.3. The van der Waals surface area contributed by atoms with Crippen molar-refractivity contribution in [2.75, 3.05) is 0 Å². The molecule has 0 bridgehead atoms. The summed E-state index contributed by atoms with van der Waals surface area (Å²) in [7, 11) is -4.68. The fourth-order valence-corrected chi connectivity index (χ4v) is 1.82. The lowest BCUT2D eigenvalue weighted by atomic mass is 10.0. The van der Waals surface area contributed by atoms with Gasteiger partial charge in [0, 0.05) is 5.92 Å². The molecular formula is C7H9FO3S. The van der Waals surface area contributed by atoms with Crippen LogP contribution in [0.4, 0.5) is 4.39 Å². The van der Waals surface area contributed by atoms with E-state index in [0.29, 0.717) is 0 Å². The zero-order valence-corrected chi connectivity index (χ0v) is 7.25. The van der Waals surface area contributed by atoms with Crippen LogP contribution in [0.25, 0.3) is 0 Å². The molecule has 1 rings (SSSR count). The van der Waals surface area contributed by atoms with Crippen LogP contribution in [-0.4, -0.2) is 18.0 Å². The summed E-state index contributed by atoms with van der Waals surface area (Å²) in [6.45, 7) is 1.38. The van der Waals surface area contributed by atoms with Gasteiger partial charge in [-0.2, -0.15) is 8.42 Å². The van der Waals surface area contributed by atoms with E-state index in [1.807, 2.05) is 0 Å². The Hall–Kier alpha value is -0.680. The molecule has 0 aromatic rings. The second-order valence-electron chi connectivity index (χ2n) is 2.71. The quantitative estimate of drug-likeness (QED) is 0.637. The Bertz CT molecular complexity index is 331. The van der Waals surface area contributed by atoms with Gasteiger partial charge < -0.3 is 0 Å². The highest BCUT2D eigenvalue weighted by Gasteiger charge is 2.45. The number of allylic oxidation sites excluding steroid dienone is 3. The lowest BCUT2D eigenvalue weighted by Gasteiger charge is -2.24. The maximum atomic E-state index is 13.5. The van der Waals surface area contributed by atoms with Gasteiger partial charge >= 0.3 is 10.1 Å². The smallest absolute Gasteiger partial charge is 0.283 e. The lowest BCUT2D eigenvalue weighted by Crippen LogP contribution is -2.38. The molecule has 0 aromatic carbocycles. The molecule has 0 saturated heterocycles. The first-order valence-corrected chi connectivity index (χ1v) is 4.84. The minimum absolute atomic E-state index is 0.840. The van der Waals surface area contributed by atoms with Crippen LogP contribution in [0.5, 0.6) is 0 Å². The molecule has 68 valence electrons. The third-order valence-corrected chi connectivity index (χ3v) is 3.15. The Morgan fingerprint density at radius 1 is 1.50 bits per heavy atom. The molecular weight excluding hydrogens is 183 g/mol. The molecule has 0 aliphatic heterocycles. The topological polar surface area (TPSA) is 54.4 Å². The number of hydrogen-bond acceptors (Lipinski definition) is 2. The molecule has 0 heterocycles. The van der Waals surface area contributed by atoms with Crippen molar-refractivity contribution in [3.8, 4) is 0 Å². The Morgan fingerprint density at radius 2 is 2.08 bits per heavy atom. The molecule has 2 atom stereocenters. The van der Waals surface area contributed by atoms with Crippen molar-refractivity contribution in [1.29, 1.82) is 0 Å². The van der Waals surface area contributed by atoms with Crippen molar-refractivity contribution in [2.45, 2.75) is 11.9 Å². The molecule has 1 aliphatic carbocycles. The van der Waals surface area contributed by atoms with E-state index < -0.39 is 21.0 Å². The fraction of sp³-hybridized carbons (Fsp3) is 0.429. The van der Waals surface area contributed by atoms with Crippen LogP contribution in [0.1, 0.15) is 6.92 Å². The van der Waals surface area contributed by atoms with Gasteiger partial charge in [0.1, 0.15) is 0 Å². The summed E-state index contributed by atoms with van der Waals surface area (Å²) >= 11 is 0. The first-order valence-electron chi connectivity index (χ1n) is 3.40. The molecule has 0 amide bonds. The van der Waals surface area contributed by atoms with Crippen molar-refractivity contribution >= 4 is 10.1 Å². The fourth-order valence-electron chi connectivity index (χ4n) is 1.02. The van der Waals surface area contributed by atoms with E-state index in [4.69, 9.17) is 4.55 Å². The highest BCUT2D eigenvalue weighted by atomic mass is 32.2. The van der Waals surface area contributed by atoms with Crippen molar-refractivity contribution < 1.29 is 17.4 Å². The van der Waals surface area contributed by atoms with E-state index >= 15 is 0 Å². The molecule has 1 aliphatic rings. The molecule has 0 radical (unpaired) electrons. The van der Waals surface area contributed by atoms with Crippen molar-refractivity contribution in [2.24, 2.45) is 5.92 Å². The number of alkyl halides is 1. The molecule has 0 saturated carbocycles. The summed E-state index contributed by atoms with van der Waals surface area (Å²) in [5.74, 6) is -0.863. The SMILES string of the molecule is CC1C=CC=CC1(F)S(=O)(=O)O. The largest absolute Gasteiger partial charge is 0.304 e. The van der Waals surface area contributed by atoms with E-state index in [1.165, 1.54) is 25.2 Å². The van der Waals surface area contributed by atoms with Gasteiger partial charge in [-0.15, -0.1) is 0 Å². The van der Waals surface area contributed by atoms with E-state index in [0.717, 1.165) is 6.08 Å². The zero-order chi connectivity index (χ0) is 9.41. The molecule has 3 nitrogen and oxygen atoms in total. The second kappa shape index (κ2) is 2.67. The van der Waals surface area contributed by atoms with Crippen LogP contribution in [-0.2, 0) is 10.1 Å². The van der Waals surface area contributed by atoms with E-state index in [-0.39, 0.29) is 0 Å². The first kappa shape index (κ1) is 9.41. The lowest BCUT2D eigenvalue weighted by molar-refractivity contribution is 0.248. The number of halogens is 1. The van der Waals surface area contributed by atoms with Gasteiger partial charge in [0.2, 0.25) is 0 Å². The average molecular weight is 192 g/mol. The summed E-state index contributed by atoms with van der Waals surface area (Å²) in [6, 6.07) is 0. The molecule has 2 unspecified atom stereocenters. The van der Waals surface area contributed by atoms with Crippen LogP contribution >= 0.6 is 0 Å². The molecule has 0 spiro atoms. The second-order valence-corrected chi connectivity index (χ2v) is 4.28. The summed E-state index contributed by atoms with van der Waals surface area (Å²) in [6.07, 6.45) is 5.02. The molecule has 12 heavy (non-hydrogen) atoms. The molecule has 1 N–H and O–H groups in total. The Morgan fingerprint density at radius 3 is 2.42 bits per heavy atom. The zero-order valence-electron chi connectivity index (χ0n) is 6.44. The van der Waals surface area contributed by atoms with Crippen LogP contribution < -0.4 is 0 Å². The normalized spacial score (nSPS) is 35.4. The molecule has 0 aromatic heterocycles. The Kier molecular flexibility index (Phi) is 2.09. The van der Waals surface area contributed by atoms with Crippen LogP contribution in [0.15, 0.2) is 24.3 Å². The van der Waals surface area contributed by atoms with E-state index in [1.54, 1.807) is 0 Å². The van der Waals surface area contributed by atoms with Gasteiger partial charge in [0.25, 0.3) is 5.00 Å². The monoisotopic (exact) mass is 192 g/mol.